The highest BCUT2D eigenvalue weighted by molar-refractivity contribution is 9.11. The highest BCUT2D eigenvalue weighted by Gasteiger charge is 2.24. The molecule has 0 bridgehead atoms. The molecule has 2 aromatic heterocycles. The van der Waals surface area contributed by atoms with Crippen LogP contribution in [-0.4, -0.2) is 4.98 Å². The second-order valence-corrected chi connectivity index (χ2v) is 7.56. The number of aryl methyl sites for hydroxylation is 1. The van der Waals surface area contributed by atoms with Crippen LogP contribution < -0.4 is 5.32 Å². The molecule has 3 rings (SSSR count). The smallest absolute Gasteiger partial charge is 0.0704 e. The summed E-state index contributed by atoms with van der Waals surface area (Å²) in [5.74, 6) is 0. The molecular formula is C15H17BrN2S. The fourth-order valence-electron chi connectivity index (χ4n) is 2.72. The largest absolute Gasteiger partial charge is 0.303 e. The van der Waals surface area contributed by atoms with Gasteiger partial charge in [-0.1, -0.05) is 6.07 Å². The minimum atomic E-state index is 0.336. The van der Waals surface area contributed by atoms with E-state index < -0.39 is 0 Å². The molecule has 0 fully saturated rings. The van der Waals surface area contributed by atoms with Crippen molar-refractivity contribution in [2.45, 2.75) is 38.3 Å². The summed E-state index contributed by atoms with van der Waals surface area (Å²) in [5, 5.41) is 3.75. The Balaban J connectivity index is 1.77. The predicted octanol–water partition coefficient (Wildman–Crippen LogP) is 4.63. The second-order valence-electron chi connectivity index (χ2n) is 5.05. The third-order valence-corrected chi connectivity index (χ3v) is 5.43. The van der Waals surface area contributed by atoms with Crippen molar-refractivity contribution in [2.75, 3.05) is 0 Å². The minimum Gasteiger partial charge on any atom is -0.303 e. The first kappa shape index (κ1) is 13.3. The monoisotopic (exact) mass is 336 g/mol. The zero-order valence-electron chi connectivity index (χ0n) is 10.9. The molecule has 0 aliphatic heterocycles. The Morgan fingerprint density at radius 1 is 1.53 bits per heavy atom. The molecule has 2 aromatic rings. The Labute approximate surface area is 126 Å². The number of nitrogens with zero attached hydrogens (tertiary/aromatic N) is 1. The lowest BCUT2D eigenvalue weighted by Crippen LogP contribution is -2.27. The number of fused-ring (bicyclic) bond motifs is 1. The van der Waals surface area contributed by atoms with Crippen molar-refractivity contribution in [3.05, 3.63) is 50.4 Å². The van der Waals surface area contributed by atoms with Gasteiger partial charge in [0.15, 0.2) is 0 Å². The number of halogens is 1. The van der Waals surface area contributed by atoms with E-state index in [4.69, 9.17) is 0 Å². The maximum absolute atomic E-state index is 4.20. The van der Waals surface area contributed by atoms with Gasteiger partial charge in [-0.3, -0.25) is 4.98 Å². The van der Waals surface area contributed by atoms with E-state index in [1.54, 1.807) is 0 Å². The minimum absolute atomic E-state index is 0.336. The van der Waals surface area contributed by atoms with E-state index in [-0.39, 0.29) is 0 Å². The summed E-state index contributed by atoms with van der Waals surface area (Å²) in [6, 6.07) is 7.23. The van der Waals surface area contributed by atoms with Gasteiger partial charge in [0, 0.05) is 29.4 Å². The Hall–Kier alpha value is -0.710. The summed E-state index contributed by atoms with van der Waals surface area (Å²) in [6.07, 6.45) is 7.50. The number of pyridine rings is 1. The average Bonchev–Trinajstić information content (AvgIpc) is 2.81. The van der Waals surface area contributed by atoms with Crippen molar-refractivity contribution in [1.82, 2.24) is 10.3 Å². The molecule has 2 nitrogen and oxygen atoms in total. The van der Waals surface area contributed by atoms with Crippen molar-refractivity contribution < 1.29 is 0 Å². The van der Waals surface area contributed by atoms with E-state index in [0.717, 1.165) is 0 Å². The number of nitrogens with one attached hydrogen (secondary N) is 1. The van der Waals surface area contributed by atoms with Crippen molar-refractivity contribution in [3.8, 4) is 0 Å². The van der Waals surface area contributed by atoms with Gasteiger partial charge in [0.2, 0.25) is 0 Å². The van der Waals surface area contributed by atoms with Gasteiger partial charge in [0.05, 0.1) is 3.79 Å². The molecule has 1 unspecified atom stereocenters. The molecule has 0 saturated heterocycles. The topological polar surface area (TPSA) is 24.9 Å². The normalized spacial score (nSPS) is 20.0. The maximum Gasteiger partial charge on any atom is 0.0704 e. The summed E-state index contributed by atoms with van der Waals surface area (Å²) in [6.45, 7) is 2.21. The van der Waals surface area contributed by atoms with E-state index in [2.05, 4.69) is 45.3 Å². The van der Waals surface area contributed by atoms with Crippen LogP contribution >= 0.6 is 27.3 Å². The van der Waals surface area contributed by atoms with E-state index in [1.807, 2.05) is 29.8 Å². The van der Waals surface area contributed by atoms with Gasteiger partial charge >= 0.3 is 0 Å². The molecule has 0 amide bonds. The molecule has 4 heteroatoms. The quantitative estimate of drug-likeness (QED) is 0.883. The Kier molecular flexibility index (Phi) is 4.01. The molecule has 100 valence electrons. The summed E-state index contributed by atoms with van der Waals surface area (Å²) in [4.78, 5) is 5.74. The lowest BCUT2D eigenvalue weighted by atomic mass is 9.93. The van der Waals surface area contributed by atoms with Crippen LogP contribution in [0.1, 0.15) is 47.9 Å². The second kappa shape index (κ2) is 5.73. The van der Waals surface area contributed by atoms with Gasteiger partial charge in [-0.05, 0) is 65.4 Å². The maximum atomic E-state index is 4.20. The molecule has 19 heavy (non-hydrogen) atoms. The first-order valence-electron chi connectivity index (χ1n) is 6.68. The van der Waals surface area contributed by atoms with E-state index in [9.17, 15) is 0 Å². The Morgan fingerprint density at radius 3 is 3.21 bits per heavy atom. The van der Waals surface area contributed by atoms with Crippen molar-refractivity contribution in [2.24, 2.45) is 0 Å². The Bertz CT molecular complexity index is 553. The van der Waals surface area contributed by atoms with Crippen molar-refractivity contribution >= 4 is 27.3 Å². The summed E-state index contributed by atoms with van der Waals surface area (Å²) < 4.78 is 1.25. The van der Waals surface area contributed by atoms with Gasteiger partial charge in [-0.25, -0.2) is 0 Å². The highest BCUT2D eigenvalue weighted by atomic mass is 79.9. The molecule has 1 N–H and O–H groups in total. The molecule has 2 heterocycles. The lowest BCUT2D eigenvalue weighted by molar-refractivity contribution is 0.418. The van der Waals surface area contributed by atoms with Gasteiger partial charge in [0.25, 0.3) is 0 Å². The van der Waals surface area contributed by atoms with Gasteiger partial charge < -0.3 is 5.32 Å². The fraction of sp³-hybridized carbons (Fsp3) is 0.400. The number of hydrogen-bond acceptors (Lipinski definition) is 3. The first-order chi connectivity index (χ1) is 9.24. The van der Waals surface area contributed by atoms with Crippen LogP contribution in [0.15, 0.2) is 34.4 Å². The Morgan fingerprint density at radius 2 is 2.42 bits per heavy atom. The van der Waals surface area contributed by atoms with Crippen LogP contribution in [0.4, 0.5) is 0 Å². The van der Waals surface area contributed by atoms with Gasteiger partial charge in [-0.15, -0.1) is 11.3 Å². The number of thiophene rings is 1. The molecule has 0 radical (unpaired) electrons. The van der Waals surface area contributed by atoms with Crippen LogP contribution in [0.2, 0.25) is 0 Å². The molecule has 0 aromatic carbocycles. The summed E-state index contributed by atoms with van der Waals surface area (Å²) in [7, 11) is 0. The first-order valence-corrected chi connectivity index (χ1v) is 8.29. The molecule has 1 aliphatic rings. The number of hydrogen-bond donors (Lipinski definition) is 1. The van der Waals surface area contributed by atoms with Gasteiger partial charge in [-0.2, -0.15) is 0 Å². The number of aromatic nitrogens is 1. The zero-order chi connectivity index (χ0) is 13.2. The van der Waals surface area contributed by atoms with E-state index in [1.165, 1.54) is 39.1 Å². The van der Waals surface area contributed by atoms with E-state index in [0.29, 0.717) is 12.1 Å². The van der Waals surface area contributed by atoms with Crippen LogP contribution in [0.3, 0.4) is 0 Å². The standard InChI is InChI=1S/C15H17BrN2S/c1-10(11-4-3-7-17-9-11)18-13-5-2-6-14-12(13)8-15(16)19-14/h3-4,7-10,13,18H,2,5-6H2,1H3/t10-,13?/m0/s1. The molecule has 0 saturated carbocycles. The molecular weight excluding hydrogens is 320 g/mol. The molecule has 1 aliphatic carbocycles. The summed E-state index contributed by atoms with van der Waals surface area (Å²) in [5.41, 5.74) is 2.74. The van der Waals surface area contributed by atoms with Crippen LogP contribution in [0.5, 0.6) is 0 Å². The van der Waals surface area contributed by atoms with Crippen LogP contribution in [-0.2, 0) is 6.42 Å². The SMILES string of the molecule is C[C@H](NC1CCCc2sc(Br)cc21)c1cccnc1. The van der Waals surface area contributed by atoms with Gasteiger partial charge in [0.1, 0.15) is 0 Å². The number of rotatable bonds is 3. The predicted molar refractivity (Wildman–Crippen MR) is 83.5 cm³/mol. The molecule has 0 spiro atoms. The highest BCUT2D eigenvalue weighted by Crippen LogP contribution is 2.38. The lowest BCUT2D eigenvalue weighted by Gasteiger charge is -2.27. The van der Waals surface area contributed by atoms with Crippen LogP contribution in [0, 0.1) is 0 Å². The third kappa shape index (κ3) is 2.91. The van der Waals surface area contributed by atoms with E-state index >= 15 is 0 Å². The molecule has 2 atom stereocenters. The third-order valence-electron chi connectivity index (χ3n) is 3.72. The van der Waals surface area contributed by atoms with Crippen LogP contribution in [0.25, 0.3) is 0 Å². The average molecular weight is 337 g/mol. The summed E-state index contributed by atoms with van der Waals surface area (Å²) >= 11 is 5.49. The van der Waals surface area contributed by atoms with Crippen molar-refractivity contribution in [3.63, 3.8) is 0 Å². The fourth-order valence-corrected chi connectivity index (χ4v) is 4.54. The van der Waals surface area contributed by atoms with Crippen molar-refractivity contribution in [1.29, 1.82) is 0 Å². The zero-order valence-corrected chi connectivity index (χ0v) is 13.3.